The van der Waals surface area contributed by atoms with Crippen LogP contribution in [-0.4, -0.2) is 18.4 Å². The Hall–Kier alpha value is -2.34. The number of hydrogen-bond acceptors (Lipinski definition) is 3. The fraction of sp³-hybridized carbons (Fsp3) is 0.300. The molecule has 26 heavy (non-hydrogen) atoms. The van der Waals surface area contributed by atoms with Crippen LogP contribution in [0.5, 0.6) is 5.75 Å². The van der Waals surface area contributed by atoms with E-state index >= 15 is 0 Å². The van der Waals surface area contributed by atoms with Gasteiger partial charge in [0.25, 0.3) is 11.8 Å². The molecule has 5 nitrogen and oxygen atoms in total. The predicted molar refractivity (Wildman–Crippen MR) is 105 cm³/mol. The van der Waals surface area contributed by atoms with E-state index in [2.05, 4.69) is 33.7 Å². The van der Waals surface area contributed by atoms with Gasteiger partial charge in [-0.2, -0.15) is 0 Å². The van der Waals surface area contributed by atoms with Crippen molar-refractivity contribution in [1.82, 2.24) is 10.9 Å². The van der Waals surface area contributed by atoms with Gasteiger partial charge in [-0.3, -0.25) is 20.4 Å². The van der Waals surface area contributed by atoms with Crippen molar-refractivity contribution < 1.29 is 14.3 Å². The topological polar surface area (TPSA) is 67.4 Å². The molecule has 0 unspecified atom stereocenters. The summed E-state index contributed by atoms with van der Waals surface area (Å²) in [5.74, 6) is -0.310. The van der Waals surface area contributed by atoms with E-state index in [1.807, 2.05) is 12.1 Å². The summed E-state index contributed by atoms with van der Waals surface area (Å²) >= 11 is 3.31. The van der Waals surface area contributed by atoms with Crippen LogP contribution in [-0.2, 0) is 0 Å². The van der Waals surface area contributed by atoms with Gasteiger partial charge in [-0.15, -0.1) is 0 Å². The normalized spacial score (nSPS) is 10.2. The fourth-order valence-electron chi connectivity index (χ4n) is 2.38. The van der Waals surface area contributed by atoms with Gasteiger partial charge in [-0.25, -0.2) is 0 Å². The standard InChI is InChI=1S/C20H23BrN2O3/c1-2-3-4-9-14-26-18-13-8-6-11-16(18)20(25)23-22-19(24)15-10-5-7-12-17(15)21/h5-8,10-13H,2-4,9,14H2,1H3,(H,22,24)(H,23,25). The van der Waals surface area contributed by atoms with Crippen LogP contribution in [0.15, 0.2) is 53.0 Å². The first kappa shape index (κ1) is 20.0. The third kappa shape index (κ3) is 5.88. The molecule has 0 aromatic heterocycles. The lowest BCUT2D eigenvalue weighted by molar-refractivity contribution is 0.0844. The number of benzene rings is 2. The highest BCUT2D eigenvalue weighted by Crippen LogP contribution is 2.19. The first-order chi connectivity index (χ1) is 12.6. The summed E-state index contributed by atoms with van der Waals surface area (Å²) in [4.78, 5) is 24.6. The molecule has 0 aliphatic rings. The van der Waals surface area contributed by atoms with Crippen molar-refractivity contribution in [3.05, 3.63) is 64.1 Å². The third-order valence-corrected chi connectivity index (χ3v) is 4.49. The van der Waals surface area contributed by atoms with Gasteiger partial charge in [0.2, 0.25) is 0 Å². The molecule has 0 heterocycles. The van der Waals surface area contributed by atoms with E-state index in [0.717, 1.165) is 19.3 Å². The molecule has 0 atom stereocenters. The second kappa shape index (κ2) is 10.6. The SMILES string of the molecule is CCCCCCOc1ccccc1C(=O)NNC(=O)c1ccccc1Br. The van der Waals surface area contributed by atoms with Crippen LogP contribution < -0.4 is 15.6 Å². The molecule has 6 heteroatoms. The molecule has 0 saturated carbocycles. The largest absolute Gasteiger partial charge is 0.493 e. The molecule has 0 spiro atoms. The second-order valence-electron chi connectivity index (χ2n) is 5.79. The summed E-state index contributed by atoms with van der Waals surface area (Å²) in [6.45, 7) is 2.72. The van der Waals surface area contributed by atoms with Crippen LogP contribution in [0.3, 0.4) is 0 Å². The highest BCUT2D eigenvalue weighted by atomic mass is 79.9. The number of hydrazine groups is 1. The molecule has 138 valence electrons. The minimum Gasteiger partial charge on any atom is -0.493 e. The van der Waals surface area contributed by atoms with Gasteiger partial charge in [0.1, 0.15) is 5.75 Å². The summed E-state index contributed by atoms with van der Waals surface area (Å²) < 4.78 is 6.39. The number of carbonyl (C=O) groups is 2. The summed E-state index contributed by atoms with van der Waals surface area (Å²) in [5, 5.41) is 0. The molecule has 0 fully saturated rings. The Morgan fingerprint density at radius 2 is 1.50 bits per heavy atom. The van der Waals surface area contributed by atoms with Crippen LogP contribution in [0.1, 0.15) is 53.3 Å². The Morgan fingerprint density at radius 1 is 0.885 bits per heavy atom. The van der Waals surface area contributed by atoms with Crippen molar-refractivity contribution in [3.63, 3.8) is 0 Å². The van der Waals surface area contributed by atoms with Crippen LogP contribution in [0, 0.1) is 0 Å². The first-order valence-corrected chi connectivity index (χ1v) is 9.49. The molecule has 0 aliphatic heterocycles. The van der Waals surface area contributed by atoms with E-state index in [4.69, 9.17) is 4.74 Å². The molecule has 2 aromatic carbocycles. The number of nitrogens with one attached hydrogen (secondary N) is 2. The van der Waals surface area contributed by atoms with Gasteiger partial charge in [0, 0.05) is 4.47 Å². The van der Waals surface area contributed by atoms with E-state index in [1.165, 1.54) is 6.42 Å². The van der Waals surface area contributed by atoms with Crippen LogP contribution >= 0.6 is 15.9 Å². The molecular weight excluding hydrogens is 396 g/mol. The first-order valence-electron chi connectivity index (χ1n) is 8.70. The van der Waals surface area contributed by atoms with E-state index in [9.17, 15) is 9.59 Å². The highest BCUT2D eigenvalue weighted by molar-refractivity contribution is 9.10. The monoisotopic (exact) mass is 418 g/mol. The zero-order chi connectivity index (χ0) is 18.8. The summed E-state index contributed by atoms with van der Waals surface area (Å²) in [6.07, 6.45) is 4.39. The van der Waals surface area contributed by atoms with Gasteiger partial charge in [-0.05, 0) is 46.6 Å². The quantitative estimate of drug-likeness (QED) is 0.490. The van der Waals surface area contributed by atoms with Crippen molar-refractivity contribution >= 4 is 27.7 Å². The van der Waals surface area contributed by atoms with Crippen molar-refractivity contribution in [2.24, 2.45) is 0 Å². The maximum atomic E-state index is 12.4. The van der Waals surface area contributed by atoms with Gasteiger partial charge >= 0.3 is 0 Å². The number of carbonyl (C=O) groups excluding carboxylic acids is 2. The number of rotatable bonds is 8. The van der Waals surface area contributed by atoms with Crippen molar-refractivity contribution in [2.45, 2.75) is 32.6 Å². The number of unbranched alkanes of at least 4 members (excludes halogenated alkanes) is 3. The summed E-state index contributed by atoms with van der Waals surface area (Å²) in [6, 6.07) is 14.0. The average Bonchev–Trinajstić information content (AvgIpc) is 2.66. The van der Waals surface area contributed by atoms with Gasteiger partial charge < -0.3 is 4.74 Å². The maximum Gasteiger partial charge on any atom is 0.273 e. The number of para-hydroxylation sites is 1. The lowest BCUT2D eigenvalue weighted by atomic mass is 10.2. The van der Waals surface area contributed by atoms with Crippen molar-refractivity contribution in [1.29, 1.82) is 0 Å². The zero-order valence-corrected chi connectivity index (χ0v) is 16.3. The van der Waals surface area contributed by atoms with E-state index in [-0.39, 0.29) is 0 Å². The van der Waals surface area contributed by atoms with Crippen LogP contribution in [0.2, 0.25) is 0 Å². The van der Waals surface area contributed by atoms with Gasteiger partial charge in [0.15, 0.2) is 0 Å². The number of amides is 2. The number of ether oxygens (including phenoxy) is 1. The number of hydrogen-bond donors (Lipinski definition) is 2. The molecular formula is C20H23BrN2O3. The molecule has 2 N–H and O–H groups in total. The van der Waals surface area contributed by atoms with E-state index in [0.29, 0.717) is 28.0 Å². The van der Waals surface area contributed by atoms with Gasteiger partial charge in [0.05, 0.1) is 17.7 Å². The average molecular weight is 419 g/mol. The lowest BCUT2D eigenvalue weighted by Gasteiger charge is -2.12. The smallest absolute Gasteiger partial charge is 0.273 e. The van der Waals surface area contributed by atoms with Crippen LogP contribution in [0.25, 0.3) is 0 Å². The minimum atomic E-state index is -0.422. The maximum absolute atomic E-state index is 12.4. The molecule has 0 saturated heterocycles. The van der Waals surface area contributed by atoms with E-state index in [1.54, 1.807) is 36.4 Å². The molecule has 0 radical (unpaired) electrons. The second-order valence-corrected chi connectivity index (χ2v) is 6.65. The fourth-order valence-corrected chi connectivity index (χ4v) is 2.85. The Kier molecular flexibility index (Phi) is 8.15. The molecule has 2 aromatic rings. The van der Waals surface area contributed by atoms with Crippen molar-refractivity contribution in [3.8, 4) is 5.75 Å². The molecule has 2 amide bonds. The zero-order valence-electron chi connectivity index (χ0n) is 14.8. The van der Waals surface area contributed by atoms with Crippen molar-refractivity contribution in [2.75, 3.05) is 6.61 Å². The van der Waals surface area contributed by atoms with E-state index < -0.39 is 11.8 Å². The Bertz CT molecular complexity index is 749. The molecule has 0 aliphatic carbocycles. The minimum absolute atomic E-state index is 0.385. The highest BCUT2D eigenvalue weighted by Gasteiger charge is 2.14. The molecule has 2 rings (SSSR count). The Labute approximate surface area is 162 Å². The lowest BCUT2D eigenvalue weighted by Crippen LogP contribution is -2.41. The Balaban J connectivity index is 1.93. The Morgan fingerprint density at radius 3 is 2.19 bits per heavy atom. The summed E-state index contributed by atoms with van der Waals surface area (Å²) in [7, 11) is 0. The van der Waals surface area contributed by atoms with Crippen LogP contribution in [0.4, 0.5) is 0 Å². The summed E-state index contributed by atoms with van der Waals surface area (Å²) in [5.41, 5.74) is 5.68. The predicted octanol–water partition coefficient (Wildman–Crippen LogP) is 4.48. The third-order valence-electron chi connectivity index (χ3n) is 3.80. The van der Waals surface area contributed by atoms with Gasteiger partial charge in [-0.1, -0.05) is 50.5 Å². The molecule has 0 bridgehead atoms. The number of halogens is 1.